The first kappa shape index (κ1) is 12.7. The van der Waals surface area contributed by atoms with Crippen LogP contribution in [0.2, 0.25) is 0 Å². The molecular weight excluding hydrogens is 246 g/mol. The van der Waals surface area contributed by atoms with Crippen LogP contribution in [0.15, 0.2) is 34.6 Å². The van der Waals surface area contributed by atoms with Crippen LogP contribution < -0.4 is 0 Å². The van der Waals surface area contributed by atoms with E-state index >= 15 is 0 Å². The van der Waals surface area contributed by atoms with Crippen molar-refractivity contribution in [3.05, 3.63) is 41.3 Å². The average molecular weight is 259 g/mol. The van der Waals surface area contributed by atoms with Crippen LogP contribution in [0.25, 0.3) is 0 Å². The third-order valence-electron chi connectivity index (χ3n) is 2.30. The average Bonchev–Trinajstić information content (AvgIpc) is 2.28. The molecule has 92 valence electrons. The highest BCUT2D eigenvalue weighted by molar-refractivity contribution is 7.99. The minimum atomic E-state index is 0.0155. The Morgan fingerprint density at radius 1 is 1.17 bits per heavy atom. The van der Waals surface area contributed by atoms with Gasteiger partial charge in [-0.15, -0.1) is 0 Å². The Balaban J connectivity index is 2.20. The molecular formula is C13H13N3OS. The Morgan fingerprint density at radius 2 is 1.83 bits per heavy atom. The maximum Gasteiger partial charge on any atom is 0.194 e. The zero-order valence-corrected chi connectivity index (χ0v) is 11.3. The second-order valence-electron chi connectivity index (χ2n) is 3.98. The van der Waals surface area contributed by atoms with Gasteiger partial charge in [-0.1, -0.05) is 0 Å². The molecule has 2 rings (SSSR count). The van der Waals surface area contributed by atoms with E-state index in [2.05, 4.69) is 15.0 Å². The molecule has 2 aromatic rings. The molecule has 0 bridgehead atoms. The summed E-state index contributed by atoms with van der Waals surface area (Å²) in [5.41, 5.74) is 2.48. The Hall–Kier alpha value is -1.75. The second kappa shape index (κ2) is 5.27. The maximum absolute atomic E-state index is 11.1. The van der Waals surface area contributed by atoms with Gasteiger partial charge in [-0.2, -0.15) is 0 Å². The van der Waals surface area contributed by atoms with Crippen LogP contribution in [0.5, 0.6) is 0 Å². The van der Waals surface area contributed by atoms with Crippen molar-refractivity contribution in [1.29, 1.82) is 0 Å². The van der Waals surface area contributed by atoms with E-state index in [4.69, 9.17) is 0 Å². The van der Waals surface area contributed by atoms with Gasteiger partial charge in [0.25, 0.3) is 0 Å². The molecule has 0 aromatic carbocycles. The summed E-state index contributed by atoms with van der Waals surface area (Å²) < 4.78 is 0. The molecule has 0 saturated heterocycles. The Labute approximate surface area is 110 Å². The lowest BCUT2D eigenvalue weighted by atomic mass is 10.2. The summed E-state index contributed by atoms with van der Waals surface area (Å²) in [7, 11) is 0. The molecule has 5 heteroatoms. The summed E-state index contributed by atoms with van der Waals surface area (Å²) in [6, 6.07) is 5.50. The summed E-state index contributed by atoms with van der Waals surface area (Å²) in [5.74, 6) is 0.0155. The molecule has 0 aliphatic rings. The fourth-order valence-electron chi connectivity index (χ4n) is 1.48. The molecule has 4 nitrogen and oxygen atoms in total. The Morgan fingerprint density at radius 3 is 2.33 bits per heavy atom. The van der Waals surface area contributed by atoms with Crippen molar-refractivity contribution in [3.63, 3.8) is 0 Å². The number of carbonyl (C=O) groups is 1. The first-order valence-electron chi connectivity index (χ1n) is 5.52. The maximum atomic E-state index is 11.1. The van der Waals surface area contributed by atoms with Crippen molar-refractivity contribution in [2.45, 2.75) is 31.0 Å². The molecule has 0 amide bonds. The molecule has 0 aliphatic heterocycles. The van der Waals surface area contributed by atoms with Crippen LogP contribution in [0.4, 0.5) is 0 Å². The van der Waals surface area contributed by atoms with Crippen LogP contribution in [0.1, 0.15) is 28.7 Å². The van der Waals surface area contributed by atoms with E-state index in [0.29, 0.717) is 10.7 Å². The number of rotatable bonds is 3. The molecule has 0 spiro atoms. The van der Waals surface area contributed by atoms with Gasteiger partial charge in [-0.05, 0) is 50.7 Å². The van der Waals surface area contributed by atoms with E-state index in [1.54, 1.807) is 12.3 Å². The van der Waals surface area contributed by atoms with Gasteiger partial charge < -0.3 is 0 Å². The number of nitrogens with zero attached hydrogens (tertiary/aromatic N) is 3. The second-order valence-corrected chi connectivity index (χ2v) is 4.96. The molecule has 0 saturated carbocycles. The number of aryl methyl sites for hydroxylation is 2. The van der Waals surface area contributed by atoms with Crippen LogP contribution in [-0.2, 0) is 0 Å². The predicted octanol–water partition coefficient (Wildman–Crippen LogP) is 2.84. The van der Waals surface area contributed by atoms with Crippen molar-refractivity contribution < 1.29 is 4.79 Å². The van der Waals surface area contributed by atoms with Crippen molar-refractivity contribution in [1.82, 2.24) is 15.0 Å². The summed E-state index contributed by atoms with van der Waals surface area (Å²) in [6.07, 6.45) is 1.58. The lowest BCUT2D eigenvalue weighted by Gasteiger charge is -2.02. The van der Waals surface area contributed by atoms with Crippen molar-refractivity contribution in [2.24, 2.45) is 0 Å². The van der Waals surface area contributed by atoms with Gasteiger partial charge in [0.05, 0.1) is 0 Å². The van der Waals surface area contributed by atoms with E-state index in [1.165, 1.54) is 18.7 Å². The smallest absolute Gasteiger partial charge is 0.194 e. The largest absolute Gasteiger partial charge is 0.294 e. The van der Waals surface area contributed by atoms with Crippen LogP contribution in [0.3, 0.4) is 0 Å². The van der Waals surface area contributed by atoms with E-state index in [-0.39, 0.29) is 5.78 Å². The van der Waals surface area contributed by atoms with E-state index in [0.717, 1.165) is 16.4 Å². The monoisotopic (exact) mass is 259 g/mol. The number of hydrogen-bond donors (Lipinski definition) is 0. The van der Waals surface area contributed by atoms with Crippen molar-refractivity contribution in [2.75, 3.05) is 0 Å². The summed E-state index contributed by atoms with van der Waals surface area (Å²) in [4.78, 5) is 24.0. The zero-order chi connectivity index (χ0) is 13.1. The minimum absolute atomic E-state index is 0.0155. The van der Waals surface area contributed by atoms with Gasteiger partial charge in [0.1, 0.15) is 5.03 Å². The topological polar surface area (TPSA) is 55.7 Å². The lowest BCUT2D eigenvalue weighted by Crippen LogP contribution is -1.95. The summed E-state index contributed by atoms with van der Waals surface area (Å²) in [6.45, 7) is 5.40. The highest BCUT2D eigenvalue weighted by atomic mass is 32.2. The van der Waals surface area contributed by atoms with Crippen LogP contribution in [0, 0.1) is 13.8 Å². The summed E-state index contributed by atoms with van der Waals surface area (Å²) in [5, 5.41) is 1.46. The van der Waals surface area contributed by atoms with E-state index in [9.17, 15) is 4.79 Å². The predicted molar refractivity (Wildman–Crippen MR) is 69.9 cm³/mol. The van der Waals surface area contributed by atoms with Gasteiger partial charge in [0, 0.05) is 23.1 Å². The standard InChI is InChI=1S/C13H13N3OS/c1-8-6-9(2)16-13(15-8)18-12-5-4-11(7-14-12)10(3)17/h4-7H,1-3H3. The molecule has 0 unspecified atom stereocenters. The molecule has 0 fully saturated rings. The Bertz CT molecular complexity index is 561. The highest BCUT2D eigenvalue weighted by Crippen LogP contribution is 2.23. The van der Waals surface area contributed by atoms with Gasteiger partial charge in [-0.3, -0.25) is 4.79 Å². The minimum Gasteiger partial charge on any atom is -0.294 e. The summed E-state index contributed by atoms with van der Waals surface area (Å²) >= 11 is 1.39. The third kappa shape index (κ3) is 3.13. The van der Waals surface area contributed by atoms with Gasteiger partial charge >= 0.3 is 0 Å². The van der Waals surface area contributed by atoms with Crippen LogP contribution >= 0.6 is 11.8 Å². The normalized spacial score (nSPS) is 10.4. The number of pyridine rings is 1. The number of aromatic nitrogens is 3. The fourth-order valence-corrected chi connectivity index (χ4v) is 2.29. The number of ketones is 1. The lowest BCUT2D eigenvalue weighted by molar-refractivity contribution is 0.101. The zero-order valence-electron chi connectivity index (χ0n) is 10.5. The third-order valence-corrected chi connectivity index (χ3v) is 3.12. The molecule has 18 heavy (non-hydrogen) atoms. The van der Waals surface area contributed by atoms with Gasteiger partial charge in [0.15, 0.2) is 10.9 Å². The van der Waals surface area contributed by atoms with E-state index < -0.39 is 0 Å². The van der Waals surface area contributed by atoms with E-state index in [1.807, 2.05) is 26.0 Å². The van der Waals surface area contributed by atoms with Crippen LogP contribution in [-0.4, -0.2) is 20.7 Å². The molecule has 0 N–H and O–H groups in total. The molecule has 0 atom stereocenters. The first-order chi connectivity index (χ1) is 8.54. The number of carbonyl (C=O) groups excluding carboxylic acids is 1. The van der Waals surface area contributed by atoms with Gasteiger partial charge in [0.2, 0.25) is 0 Å². The number of Topliss-reactive ketones (excluding diaryl/α,β-unsaturated/α-hetero) is 1. The molecule has 0 radical (unpaired) electrons. The first-order valence-corrected chi connectivity index (χ1v) is 6.33. The quantitative estimate of drug-likeness (QED) is 0.626. The fraction of sp³-hybridized carbons (Fsp3) is 0.231. The SMILES string of the molecule is CC(=O)c1ccc(Sc2nc(C)cc(C)n2)nc1. The Kier molecular flexibility index (Phi) is 3.72. The van der Waals surface area contributed by atoms with Crippen molar-refractivity contribution in [3.8, 4) is 0 Å². The van der Waals surface area contributed by atoms with Gasteiger partial charge in [-0.25, -0.2) is 15.0 Å². The van der Waals surface area contributed by atoms with Crippen molar-refractivity contribution >= 4 is 17.5 Å². The molecule has 2 aromatic heterocycles. The molecule has 0 aliphatic carbocycles. The molecule has 2 heterocycles. The number of hydrogen-bond acceptors (Lipinski definition) is 5. The highest BCUT2D eigenvalue weighted by Gasteiger charge is 2.05.